The average molecular weight is 286 g/mol. The van der Waals surface area contributed by atoms with Crippen LogP contribution in [0.2, 0.25) is 0 Å². The number of hydrogen-bond donors (Lipinski definition) is 2. The molecular weight excluding hydrogens is 272 g/mol. The Hall–Kier alpha value is -1.94. The van der Waals surface area contributed by atoms with Gasteiger partial charge in [-0.1, -0.05) is 12.1 Å². The minimum absolute atomic E-state index is 0.0333. The van der Waals surface area contributed by atoms with Gasteiger partial charge < -0.3 is 10.3 Å². The van der Waals surface area contributed by atoms with Gasteiger partial charge in [0, 0.05) is 12.7 Å². The van der Waals surface area contributed by atoms with Gasteiger partial charge in [0.15, 0.2) is 11.6 Å². The van der Waals surface area contributed by atoms with Crippen LogP contribution in [0.15, 0.2) is 22.0 Å². The van der Waals surface area contributed by atoms with Crippen molar-refractivity contribution in [1.29, 1.82) is 0 Å². The van der Waals surface area contributed by atoms with Crippen LogP contribution in [-0.2, 0) is 23.1 Å². The third-order valence-corrected chi connectivity index (χ3v) is 3.74. The molecule has 19 heavy (non-hydrogen) atoms. The number of anilines is 1. The maximum atomic E-state index is 12.0. The fourth-order valence-corrected chi connectivity index (χ4v) is 2.53. The van der Waals surface area contributed by atoms with E-state index in [1.54, 1.807) is 0 Å². The number of nitrogens with one attached hydrogen (secondary N) is 1. The van der Waals surface area contributed by atoms with E-state index in [9.17, 15) is 8.42 Å². The third kappa shape index (κ3) is 3.09. The molecular formula is C9H14N6O3S. The van der Waals surface area contributed by atoms with Gasteiger partial charge in [0.2, 0.25) is 16.4 Å². The first-order valence-corrected chi connectivity index (χ1v) is 7.09. The average Bonchev–Trinajstić information content (AvgIpc) is 2.97. The van der Waals surface area contributed by atoms with Gasteiger partial charge >= 0.3 is 0 Å². The van der Waals surface area contributed by atoms with Crippen molar-refractivity contribution < 1.29 is 12.9 Å². The molecule has 0 aromatic carbocycles. The minimum atomic E-state index is -3.74. The maximum Gasteiger partial charge on any atom is 0.246 e. The number of nitrogens with zero attached hydrogens (tertiary/aromatic N) is 4. The SMILES string of the molecule is CCCn1cc(S(=O)(=O)NCc2ncon2)c(N)n1. The third-order valence-electron chi connectivity index (χ3n) is 2.32. The molecule has 0 saturated heterocycles. The molecule has 0 bridgehead atoms. The molecule has 2 aromatic heterocycles. The number of nitrogen functional groups attached to an aromatic ring is 1. The lowest BCUT2D eigenvalue weighted by Crippen LogP contribution is -2.24. The second kappa shape index (κ2) is 5.36. The van der Waals surface area contributed by atoms with Crippen LogP contribution in [0.1, 0.15) is 19.2 Å². The lowest BCUT2D eigenvalue weighted by Gasteiger charge is -2.02. The van der Waals surface area contributed by atoms with Crippen molar-refractivity contribution in [2.75, 3.05) is 5.73 Å². The van der Waals surface area contributed by atoms with Crippen LogP contribution >= 0.6 is 0 Å². The van der Waals surface area contributed by atoms with Crippen LogP contribution in [-0.4, -0.2) is 28.3 Å². The Labute approximate surface area is 109 Å². The Morgan fingerprint density at radius 1 is 1.53 bits per heavy atom. The summed E-state index contributed by atoms with van der Waals surface area (Å²) >= 11 is 0. The highest BCUT2D eigenvalue weighted by atomic mass is 32.2. The van der Waals surface area contributed by atoms with Crippen LogP contribution < -0.4 is 10.5 Å². The molecule has 0 spiro atoms. The van der Waals surface area contributed by atoms with Gasteiger partial charge in [0.05, 0.1) is 6.54 Å². The molecule has 2 heterocycles. The van der Waals surface area contributed by atoms with Gasteiger partial charge in [-0.05, 0) is 6.42 Å². The topological polar surface area (TPSA) is 129 Å². The van der Waals surface area contributed by atoms with E-state index in [0.717, 1.165) is 12.8 Å². The first-order chi connectivity index (χ1) is 9.03. The molecule has 0 atom stereocenters. The van der Waals surface area contributed by atoms with Gasteiger partial charge in [0.1, 0.15) is 4.90 Å². The molecule has 9 nitrogen and oxygen atoms in total. The Bertz CT molecular complexity index is 633. The number of hydrogen-bond acceptors (Lipinski definition) is 7. The van der Waals surface area contributed by atoms with Crippen LogP contribution in [0.4, 0.5) is 5.82 Å². The smallest absolute Gasteiger partial charge is 0.246 e. The fraction of sp³-hybridized carbons (Fsp3) is 0.444. The van der Waals surface area contributed by atoms with Crippen molar-refractivity contribution in [3.05, 3.63) is 18.4 Å². The molecule has 104 valence electrons. The quantitative estimate of drug-likeness (QED) is 0.748. The molecule has 3 N–H and O–H groups in total. The van der Waals surface area contributed by atoms with Crippen LogP contribution in [0.5, 0.6) is 0 Å². The molecule has 0 saturated carbocycles. The molecule has 0 fully saturated rings. The van der Waals surface area contributed by atoms with E-state index >= 15 is 0 Å². The van der Waals surface area contributed by atoms with Crippen molar-refractivity contribution >= 4 is 15.8 Å². The summed E-state index contributed by atoms with van der Waals surface area (Å²) in [5, 5.41) is 7.44. The summed E-state index contributed by atoms with van der Waals surface area (Å²) in [4.78, 5) is 3.66. The molecule has 10 heteroatoms. The lowest BCUT2D eigenvalue weighted by molar-refractivity contribution is 0.409. The number of sulfonamides is 1. The summed E-state index contributed by atoms with van der Waals surface area (Å²) in [6.45, 7) is 2.49. The second-order valence-corrected chi connectivity index (χ2v) is 5.55. The summed E-state index contributed by atoms with van der Waals surface area (Å²) in [5.74, 6) is 0.206. The van der Waals surface area contributed by atoms with E-state index in [2.05, 4.69) is 24.5 Å². The van der Waals surface area contributed by atoms with Crippen molar-refractivity contribution in [3.63, 3.8) is 0 Å². The highest BCUT2D eigenvalue weighted by Gasteiger charge is 2.21. The van der Waals surface area contributed by atoms with Crippen molar-refractivity contribution in [2.24, 2.45) is 0 Å². The van der Waals surface area contributed by atoms with Crippen molar-refractivity contribution in [2.45, 2.75) is 31.3 Å². The molecule has 0 amide bonds. The van der Waals surface area contributed by atoms with E-state index in [0.29, 0.717) is 6.54 Å². The van der Waals surface area contributed by atoms with E-state index in [-0.39, 0.29) is 23.1 Å². The summed E-state index contributed by atoms with van der Waals surface area (Å²) in [6, 6.07) is 0. The Morgan fingerprint density at radius 2 is 2.32 bits per heavy atom. The minimum Gasteiger partial charge on any atom is -0.381 e. The van der Waals surface area contributed by atoms with E-state index in [1.807, 2.05) is 6.92 Å². The predicted octanol–water partition coefficient (Wildman–Crippen LogP) is -0.263. The molecule has 2 rings (SSSR count). The van der Waals surface area contributed by atoms with E-state index in [4.69, 9.17) is 5.73 Å². The van der Waals surface area contributed by atoms with Crippen molar-refractivity contribution in [3.8, 4) is 0 Å². The van der Waals surface area contributed by atoms with Gasteiger partial charge in [-0.3, -0.25) is 4.68 Å². The highest BCUT2D eigenvalue weighted by molar-refractivity contribution is 7.89. The van der Waals surface area contributed by atoms with E-state index in [1.165, 1.54) is 10.9 Å². The zero-order valence-corrected chi connectivity index (χ0v) is 11.1. The fourth-order valence-electron chi connectivity index (χ4n) is 1.48. The van der Waals surface area contributed by atoms with Crippen LogP contribution in [0.3, 0.4) is 0 Å². The molecule has 0 unspecified atom stereocenters. The molecule has 0 radical (unpaired) electrons. The zero-order chi connectivity index (χ0) is 13.9. The van der Waals surface area contributed by atoms with Crippen LogP contribution in [0, 0.1) is 0 Å². The predicted molar refractivity (Wildman–Crippen MR) is 65.3 cm³/mol. The summed E-state index contributed by atoms with van der Waals surface area (Å²) in [7, 11) is -3.74. The van der Waals surface area contributed by atoms with Crippen molar-refractivity contribution in [1.82, 2.24) is 24.6 Å². The van der Waals surface area contributed by atoms with Gasteiger partial charge in [-0.15, -0.1) is 0 Å². The van der Waals surface area contributed by atoms with Gasteiger partial charge in [-0.25, -0.2) is 13.1 Å². The monoisotopic (exact) mass is 286 g/mol. The van der Waals surface area contributed by atoms with Gasteiger partial charge in [-0.2, -0.15) is 10.1 Å². The number of aryl methyl sites for hydroxylation is 1. The van der Waals surface area contributed by atoms with E-state index < -0.39 is 10.0 Å². The standard InChI is InChI=1S/C9H14N6O3S/c1-2-3-15-5-7(9(10)13-15)19(16,17)12-4-8-11-6-18-14-8/h5-6,12H,2-4H2,1H3,(H2,10,13). The number of rotatable bonds is 6. The van der Waals surface area contributed by atoms with Crippen LogP contribution in [0.25, 0.3) is 0 Å². The Morgan fingerprint density at radius 3 is 2.95 bits per heavy atom. The Kier molecular flexibility index (Phi) is 3.81. The zero-order valence-electron chi connectivity index (χ0n) is 10.3. The molecule has 0 aliphatic rings. The Balaban J connectivity index is 2.14. The normalized spacial score (nSPS) is 11.8. The lowest BCUT2D eigenvalue weighted by atomic mass is 10.5. The number of aromatic nitrogens is 4. The first kappa shape index (κ1) is 13.5. The van der Waals surface area contributed by atoms with Gasteiger partial charge in [0.25, 0.3) is 0 Å². The maximum absolute atomic E-state index is 12.0. The molecule has 0 aliphatic carbocycles. The number of nitrogens with two attached hydrogens (primary N) is 1. The molecule has 0 aliphatic heterocycles. The largest absolute Gasteiger partial charge is 0.381 e. The molecule has 2 aromatic rings. The summed E-state index contributed by atoms with van der Waals surface area (Å²) < 4.78 is 32.4. The first-order valence-electron chi connectivity index (χ1n) is 5.60. The highest BCUT2D eigenvalue weighted by Crippen LogP contribution is 2.16. The summed E-state index contributed by atoms with van der Waals surface area (Å²) in [6.07, 6.45) is 3.35. The summed E-state index contributed by atoms with van der Waals surface area (Å²) in [5.41, 5.74) is 5.61. The second-order valence-electron chi connectivity index (χ2n) is 3.81.